The maximum atomic E-state index is 13.3. The first-order chi connectivity index (χ1) is 12.7. The topological polar surface area (TPSA) is 79.9 Å². The Kier molecular flexibility index (Phi) is 4.35. The molecule has 4 rings (SSSR count). The van der Waals surface area contributed by atoms with Crippen LogP contribution in [0.3, 0.4) is 0 Å². The van der Waals surface area contributed by atoms with Gasteiger partial charge in [-0.1, -0.05) is 12.1 Å². The number of benzene rings is 1. The molecular formula is C19H17FN4O2. The molecule has 3 aromatic rings. The van der Waals surface area contributed by atoms with Crippen molar-refractivity contribution in [1.82, 2.24) is 20.3 Å². The lowest BCUT2D eigenvalue weighted by Gasteiger charge is -2.07. The number of hydrogen-bond acceptors (Lipinski definition) is 4. The van der Waals surface area contributed by atoms with Crippen molar-refractivity contribution >= 4 is 23.0 Å². The van der Waals surface area contributed by atoms with Gasteiger partial charge >= 0.3 is 0 Å². The fourth-order valence-electron chi connectivity index (χ4n) is 2.62. The van der Waals surface area contributed by atoms with E-state index < -0.39 is 0 Å². The molecule has 1 saturated carbocycles. The van der Waals surface area contributed by atoms with Gasteiger partial charge in [0.15, 0.2) is 0 Å². The molecule has 7 heteroatoms. The van der Waals surface area contributed by atoms with Gasteiger partial charge in [0, 0.05) is 23.9 Å². The van der Waals surface area contributed by atoms with Crippen molar-refractivity contribution in [3.05, 3.63) is 59.8 Å². The summed E-state index contributed by atoms with van der Waals surface area (Å²) >= 11 is 0. The normalized spacial score (nSPS) is 14.0. The van der Waals surface area contributed by atoms with Crippen molar-refractivity contribution < 1.29 is 13.9 Å². The standard InChI is InChI=1S/C19H17FN4O2/c20-14-3-1-2-12(8-14)10-26-19-17-13(9-21-18(17)22-11-23-19)4-7-16(25)24-15-5-6-15/h1-4,7-9,11,15H,5-6,10H2,(H,24,25)(H,21,22,23). The molecule has 0 saturated heterocycles. The molecule has 2 N–H and O–H groups in total. The lowest BCUT2D eigenvalue weighted by Crippen LogP contribution is -2.22. The van der Waals surface area contributed by atoms with Crippen molar-refractivity contribution in [2.75, 3.05) is 0 Å². The van der Waals surface area contributed by atoms with Crippen LogP contribution in [0, 0.1) is 5.82 Å². The highest BCUT2D eigenvalue weighted by molar-refractivity contribution is 5.97. The minimum Gasteiger partial charge on any atom is -0.472 e. The average molecular weight is 352 g/mol. The van der Waals surface area contributed by atoms with Crippen LogP contribution in [-0.2, 0) is 11.4 Å². The Bertz CT molecular complexity index is 979. The Labute approximate surface area is 149 Å². The van der Waals surface area contributed by atoms with Crippen LogP contribution < -0.4 is 10.1 Å². The predicted molar refractivity (Wildman–Crippen MR) is 94.8 cm³/mol. The molecule has 1 aliphatic carbocycles. The molecule has 2 heterocycles. The summed E-state index contributed by atoms with van der Waals surface area (Å²) in [5.41, 5.74) is 2.06. The van der Waals surface area contributed by atoms with E-state index in [-0.39, 0.29) is 18.3 Å². The van der Waals surface area contributed by atoms with Crippen LogP contribution in [0.4, 0.5) is 4.39 Å². The number of carbonyl (C=O) groups excluding carboxylic acids is 1. The van der Waals surface area contributed by atoms with Gasteiger partial charge in [-0.25, -0.2) is 14.4 Å². The molecule has 0 aliphatic heterocycles. The summed E-state index contributed by atoms with van der Waals surface area (Å²) in [5.74, 6) is -0.0606. The Morgan fingerprint density at radius 2 is 2.27 bits per heavy atom. The maximum Gasteiger partial charge on any atom is 0.244 e. The zero-order chi connectivity index (χ0) is 17.9. The Morgan fingerprint density at radius 3 is 3.08 bits per heavy atom. The minimum absolute atomic E-state index is 0.124. The molecule has 0 radical (unpaired) electrons. The van der Waals surface area contributed by atoms with E-state index in [1.54, 1.807) is 24.4 Å². The lowest BCUT2D eigenvalue weighted by atomic mass is 10.2. The van der Waals surface area contributed by atoms with E-state index in [1.165, 1.54) is 24.5 Å². The Hall–Kier alpha value is -3.22. The molecule has 132 valence electrons. The molecule has 1 aliphatic rings. The highest BCUT2D eigenvalue weighted by atomic mass is 19.1. The minimum atomic E-state index is -0.314. The summed E-state index contributed by atoms with van der Waals surface area (Å²) < 4.78 is 19.1. The van der Waals surface area contributed by atoms with E-state index in [0.29, 0.717) is 28.5 Å². The number of aromatic amines is 1. The molecule has 1 amide bonds. The van der Waals surface area contributed by atoms with Gasteiger partial charge in [-0.15, -0.1) is 0 Å². The van der Waals surface area contributed by atoms with Crippen LogP contribution in [0.5, 0.6) is 5.88 Å². The number of halogens is 1. The summed E-state index contributed by atoms with van der Waals surface area (Å²) in [6, 6.07) is 6.52. The van der Waals surface area contributed by atoms with Crippen LogP contribution in [0.15, 0.2) is 42.9 Å². The largest absolute Gasteiger partial charge is 0.472 e. The summed E-state index contributed by atoms with van der Waals surface area (Å²) in [6.07, 6.45) is 8.42. The van der Waals surface area contributed by atoms with Crippen molar-refractivity contribution in [2.45, 2.75) is 25.5 Å². The summed E-state index contributed by atoms with van der Waals surface area (Å²) in [7, 11) is 0. The number of ether oxygens (including phenoxy) is 1. The maximum absolute atomic E-state index is 13.3. The van der Waals surface area contributed by atoms with Crippen LogP contribution >= 0.6 is 0 Å². The SMILES string of the molecule is O=C(C=Cc1c[nH]c2ncnc(OCc3cccc(F)c3)c12)NC1CC1. The van der Waals surface area contributed by atoms with Gasteiger partial charge in [0.2, 0.25) is 11.8 Å². The molecule has 0 unspecified atom stereocenters. The molecule has 2 aromatic heterocycles. The number of carbonyl (C=O) groups is 1. The molecule has 1 aromatic carbocycles. The molecule has 0 bridgehead atoms. The summed E-state index contributed by atoms with van der Waals surface area (Å²) in [5, 5.41) is 3.58. The number of H-pyrrole nitrogens is 1. The van der Waals surface area contributed by atoms with Crippen LogP contribution in [-0.4, -0.2) is 26.9 Å². The van der Waals surface area contributed by atoms with E-state index in [2.05, 4.69) is 20.3 Å². The molecule has 1 fully saturated rings. The smallest absolute Gasteiger partial charge is 0.244 e. The highest BCUT2D eigenvalue weighted by Gasteiger charge is 2.22. The van der Waals surface area contributed by atoms with E-state index in [0.717, 1.165) is 18.4 Å². The van der Waals surface area contributed by atoms with Gasteiger partial charge < -0.3 is 15.0 Å². The zero-order valence-electron chi connectivity index (χ0n) is 13.9. The number of fused-ring (bicyclic) bond motifs is 1. The van der Waals surface area contributed by atoms with E-state index >= 15 is 0 Å². The third-order valence-corrected chi connectivity index (χ3v) is 4.07. The second-order valence-corrected chi connectivity index (χ2v) is 6.18. The Morgan fingerprint density at radius 1 is 1.38 bits per heavy atom. The third kappa shape index (κ3) is 3.72. The van der Waals surface area contributed by atoms with Crippen LogP contribution in [0.1, 0.15) is 24.0 Å². The van der Waals surface area contributed by atoms with Gasteiger partial charge in [0.05, 0.1) is 5.39 Å². The Balaban J connectivity index is 1.55. The fraction of sp³-hybridized carbons (Fsp3) is 0.211. The van der Waals surface area contributed by atoms with Crippen LogP contribution in [0.2, 0.25) is 0 Å². The summed E-state index contributed by atoms with van der Waals surface area (Å²) in [6.45, 7) is 0.181. The predicted octanol–water partition coefficient (Wildman–Crippen LogP) is 2.97. The molecule has 26 heavy (non-hydrogen) atoms. The van der Waals surface area contributed by atoms with Crippen molar-refractivity contribution in [1.29, 1.82) is 0 Å². The van der Waals surface area contributed by atoms with Gasteiger partial charge in [-0.3, -0.25) is 4.79 Å². The molecule has 0 spiro atoms. The number of nitrogens with one attached hydrogen (secondary N) is 2. The first-order valence-corrected chi connectivity index (χ1v) is 8.37. The number of nitrogens with zero attached hydrogens (tertiary/aromatic N) is 2. The van der Waals surface area contributed by atoms with Crippen molar-refractivity contribution in [3.63, 3.8) is 0 Å². The molecule has 0 atom stereocenters. The third-order valence-electron chi connectivity index (χ3n) is 4.07. The van der Waals surface area contributed by atoms with Gasteiger partial charge in [-0.2, -0.15) is 0 Å². The number of hydrogen-bond donors (Lipinski definition) is 2. The number of rotatable bonds is 6. The lowest BCUT2D eigenvalue weighted by molar-refractivity contribution is -0.116. The van der Waals surface area contributed by atoms with Gasteiger partial charge in [0.1, 0.15) is 24.4 Å². The quantitative estimate of drug-likeness (QED) is 0.669. The fourth-order valence-corrected chi connectivity index (χ4v) is 2.62. The highest BCUT2D eigenvalue weighted by Crippen LogP contribution is 2.27. The number of aromatic nitrogens is 3. The average Bonchev–Trinajstić information content (AvgIpc) is 3.35. The van der Waals surface area contributed by atoms with Crippen molar-refractivity contribution in [3.8, 4) is 5.88 Å². The first kappa shape index (κ1) is 16.3. The second kappa shape index (κ2) is 6.95. The van der Waals surface area contributed by atoms with Gasteiger partial charge in [0.25, 0.3) is 0 Å². The van der Waals surface area contributed by atoms with E-state index in [4.69, 9.17) is 4.74 Å². The van der Waals surface area contributed by atoms with Crippen LogP contribution in [0.25, 0.3) is 17.1 Å². The zero-order valence-corrected chi connectivity index (χ0v) is 13.9. The van der Waals surface area contributed by atoms with Gasteiger partial charge in [-0.05, 0) is 36.6 Å². The monoisotopic (exact) mass is 352 g/mol. The first-order valence-electron chi connectivity index (χ1n) is 8.37. The number of amides is 1. The van der Waals surface area contributed by atoms with E-state index in [1.807, 2.05) is 0 Å². The van der Waals surface area contributed by atoms with Crippen molar-refractivity contribution in [2.24, 2.45) is 0 Å². The molecule has 6 nitrogen and oxygen atoms in total. The second-order valence-electron chi connectivity index (χ2n) is 6.18. The van der Waals surface area contributed by atoms with E-state index in [9.17, 15) is 9.18 Å². The summed E-state index contributed by atoms with van der Waals surface area (Å²) in [4.78, 5) is 23.2. The molecular weight excluding hydrogens is 335 g/mol.